The summed E-state index contributed by atoms with van der Waals surface area (Å²) in [5.41, 5.74) is 2.51. The Morgan fingerprint density at radius 1 is 1.07 bits per heavy atom. The Kier molecular flexibility index (Phi) is 6.98. The van der Waals surface area contributed by atoms with Gasteiger partial charge in [0, 0.05) is 0 Å². The van der Waals surface area contributed by atoms with Crippen LogP contribution in [-0.4, -0.2) is 28.1 Å². The molecule has 146 valence electrons. The highest BCUT2D eigenvalue weighted by Crippen LogP contribution is 2.27. The highest BCUT2D eigenvalue weighted by Gasteiger charge is 2.26. The molecule has 1 atom stereocenters. The summed E-state index contributed by atoms with van der Waals surface area (Å²) in [6.07, 6.45) is -0.107. The number of carbonyl (C=O) groups is 1. The zero-order chi connectivity index (χ0) is 20.0. The van der Waals surface area contributed by atoms with Crippen LogP contribution in [0.15, 0.2) is 47.4 Å². The molecular formula is C20H25NO5S. The summed E-state index contributed by atoms with van der Waals surface area (Å²) < 4.78 is 38.9. The molecule has 0 amide bonds. The quantitative estimate of drug-likeness (QED) is 0.699. The van der Waals surface area contributed by atoms with Gasteiger partial charge in [-0.1, -0.05) is 35.9 Å². The molecule has 0 spiro atoms. The third kappa shape index (κ3) is 5.55. The number of aryl methyl sites for hydroxylation is 2. The second-order valence-electron chi connectivity index (χ2n) is 6.25. The van der Waals surface area contributed by atoms with Gasteiger partial charge in [-0.15, -0.1) is 0 Å². The Bertz CT molecular complexity index is 891. The van der Waals surface area contributed by atoms with Crippen molar-refractivity contribution in [1.29, 1.82) is 0 Å². The van der Waals surface area contributed by atoms with E-state index in [1.165, 1.54) is 13.2 Å². The molecule has 0 saturated heterocycles. The smallest absolute Gasteiger partial charge is 0.307 e. The number of hydrogen-bond acceptors (Lipinski definition) is 5. The van der Waals surface area contributed by atoms with Crippen molar-refractivity contribution in [2.45, 2.75) is 38.1 Å². The van der Waals surface area contributed by atoms with Gasteiger partial charge < -0.3 is 9.47 Å². The third-order valence-electron chi connectivity index (χ3n) is 4.06. The van der Waals surface area contributed by atoms with E-state index < -0.39 is 22.0 Å². The number of esters is 1. The van der Waals surface area contributed by atoms with Gasteiger partial charge >= 0.3 is 5.97 Å². The van der Waals surface area contributed by atoms with Crippen molar-refractivity contribution in [3.05, 3.63) is 59.2 Å². The Balaban J connectivity index is 2.39. The first-order chi connectivity index (χ1) is 12.8. The van der Waals surface area contributed by atoms with E-state index in [9.17, 15) is 13.2 Å². The minimum absolute atomic E-state index is 0.0333. The van der Waals surface area contributed by atoms with Crippen LogP contribution in [0.5, 0.6) is 5.75 Å². The van der Waals surface area contributed by atoms with E-state index in [4.69, 9.17) is 9.47 Å². The molecule has 7 heteroatoms. The first kappa shape index (κ1) is 20.9. The lowest BCUT2D eigenvalue weighted by Gasteiger charge is -2.20. The number of methoxy groups -OCH3 is 1. The summed E-state index contributed by atoms with van der Waals surface area (Å²) in [6, 6.07) is 11.5. The van der Waals surface area contributed by atoms with Gasteiger partial charge in [-0.25, -0.2) is 13.1 Å². The summed E-state index contributed by atoms with van der Waals surface area (Å²) in [5.74, 6) is -0.228. The van der Waals surface area contributed by atoms with Gasteiger partial charge in [-0.2, -0.15) is 0 Å². The molecule has 27 heavy (non-hydrogen) atoms. The average molecular weight is 391 g/mol. The maximum absolute atomic E-state index is 13.0. The van der Waals surface area contributed by atoms with Crippen molar-refractivity contribution < 1.29 is 22.7 Å². The molecule has 2 aromatic carbocycles. The molecule has 0 aliphatic heterocycles. The Hall–Kier alpha value is -2.38. The van der Waals surface area contributed by atoms with Crippen LogP contribution >= 0.6 is 0 Å². The first-order valence-corrected chi connectivity index (χ1v) is 10.1. The Morgan fingerprint density at radius 3 is 2.30 bits per heavy atom. The van der Waals surface area contributed by atoms with Crippen molar-refractivity contribution >= 4 is 16.0 Å². The number of benzene rings is 2. The molecule has 0 radical (unpaired) electrons. The Labute approximate surface area is 160 Å². The van der Waals surface area contributed by atoms with Gasteiger partial charge in [-0.3, -0.25) is 4.79 Å². The van der Waals surface area contributed by atoms with Crippen LogP contribution in [0.2, 0.25) is 0 Å². The lowest BCUT2D eigenvalue weighted by Crippen LogP contribution is -2.31. The van der Waals surface area contributed by atoms with Crippen molar-refractivity contribution in [2.24, 2.45) is 0 Å². The monoisotopic (exact) mass is 391 g/mol. The second-order valence-corrected chi connectivity index (χ2v) is 7.93. The Morgan fingerprint density at radius 2 is 1.70 bits per heavy atom. The standard InChI is InChI=1S/C20H25NO5S/c1-5-26-20(22)13-17(16-9-6-14(2)7-10-16)21-27(23,24)19-12-15(3)8-11-18(19)25-4/h6-12,17,21H,5,13H2,1-4H3/t17-/m0/s1. The number of rotatable bonds is 8. The van der Waals surface area contributed by atoms with Gasteiger partial charge in [-0.05, 0) is 44.0 Å². The zero-order valence-electron chi connectivity index (χ0n) is 16.0. The number of nitrogens with one attached hydrogen (secondary N) is 1. The molecule has 0 bridgehead atoms. The van der Waals surface area contributed by atoms with Gasteiger partial charge in [0.2, 0.25) is 10.0 Å². The largest absolute Gasteiger partial charge is 0.495 e. The van der Waals surface area contributed by atoms with Gasteiger partial charge in [0.25, 0.3) is 0 Å². The topological polar surface area (TPSA) is 81.7 Å². The van der Waals surface area contributed by atoms with E-state index in [1.807, 2.05) is 19.1 Å². The number of hydrogen-bond donors (Lipinski definition) is 1. The van der Waals surface area contributed by atoms with Gasteiger partial charge in [0.05, 0.1) is 26.2 Å². The minimum atomic E-state index is -3.93. The van der Waals surface area contributed by atoms with E-state index >= 15 is 0 Å². The van der Waals surface area contributed by atoms with Crippen LogP contribution in [0, 0.1) is 13.8 Å². The van der Waals surface area contributed by atoms with Crippen LogP contribution in [-0.2, 0) is 19.6 Å². The maximum Gasteiger partial charge on any atom is 0.307 e. The number of ether oxygens (including phenoxy) is 2. The zero-order valence-corrected chi connectivity index (χ0v) is 16.8. The van der Waals surface area contributed by atoms with Gasteiger partial charge in [0.1, 0.15) is 10.6 Å². The molecule has 6 nitrogen and oxygen atoms in total. The van der Waals surface area contributed by atoms with Crippen LogP contribution in [0.4, 0.5) is 0 Å². The van der Waals surface area contributed by atoms with E-state index in [-0.39, 0.29) is 23.7 Å². The molecule has 0 saturated carbocycles. The maximum atomic E-state index is 13.0. The third-order valence-corrected chi connectivity index (χ3v) is 5.55. The summed E-state index contributed by atoms with van der Waals surface area (Å²) in [4.78, 5) is 12.0. The molecule has 0 heterocycles. The van der Waals surface area contributed by atoms with Crippen LogP contribution in [0.3, 0.4) is 0 Å². The fraction of sp³-hybridized carbons (Fsp3) is 0.350. The number of carbonyl (C=O) groups excluding carboxylic acids is 1. The lowest BCUT2D eigenvalue weighted by molar-refractivity contribution is -0.143. The normalized spacial score (nSPS) is 12.4. The molecule has 0 unspecified atom stereocenters. The summed E-state index contributed by atoms with van der Waals surface area (Å²) in [6.45, 7) is 5.68. The van der Waals surface area contributed by atoms with Crippen LogP contribution < -0.4 is 9.46 Å². The molecule has 1 N–H and O–H groups in total. The summed E-state index contributed by atoms with van der Waals surface area (Å²) in [7, 11) is -2.51. The highest BCUT2D eigenvalue weighted by molar-refractivity contribution is 7.89. The lowest BCUT2D eigenvalue weighted by atomic mass is 10.0. The predicted molar refractivity (Wildman–Crippen MR) is 103 cm³/mol. The molecule has 0 fully saturated rings. The molecular weight excluding hydrogens is 366 g/mol. The molecule has 0 aromatic heterocycles. The fourth-order valence-corrected chi connectivity index (χ4v) is 4.14. The van der Waals surface area contributed by atoms with Crippen molar-refractivity contribution in [3.8, 4) is 5.75 Å². The fourth-order valence-electron chi connectivity index (χ4n) is 2.66. The minimum Gasteiger partial charge on any atom is -0.495 e. The van der Waals surface area contributed by atoms with Crippen LogP contribution in [0.1, 0.15) is 36.1 Å². The van der Waals surface area contributed by atoms with E-state index in [1.54, 1.807) is 38.1 Å². The van der Waals surface area contributed by atoms with Gasteiger partial charge in [0.15, 0.2) is 0 Å². The van der Waals surface area contributed by atoms with Crippen molar-refractivity contribution in [1.82, 2.24) is 4.72 Å². The van der Waals surface area contributed by atoms with E-state index in [2.05, 4.69) is 4.72 Å². The van der Waals surface area contributed by atoms with Crippen LogP contribution in [0.25, 0.3) is 0 Å². The predicted octanol–water partition coefficient (Wildman–Crippen LogP) is 3.28. The van der Waals surface area contributed by atoms with E-state index in [0.29, 0.717) is 5.56 Å². The highest BCUT2D eigenvalue weighted by atomic mass is 32.2. The second kappa shape index (κ2) is 9.01. The first-order valence-electron chi connectivity index (χ1n) is 8.66. The van der Waals surface area contributed by atoms with E-state index in [0.717, 1.165) is 11.1 Å². The van der Waals surface area contributed by atoms with Crippen molar-refractivity contribution in [2.75, 3.05) is 13.7 Å². The summed E-state index contributed by atoms with van der Waals surface area (Å²) >= 11 is 0. The molecule has 2 aromatic rings. The molecule has 0 aliphatic carbocycles. The SMILES string of the molecule is CCOC(=O)C[C@H](NS(=O)(=O)c1cc(C)ccc1OC)c1ccc(C)cc1. The molecule has 2 rings (SSSR count). The summed E-state index contributed by atoms with van der Waals surface area (Å²) in [5, 5.41) is 0. The number of sulfonamides is 1. The van der Waals surface area contributed by atoms with Crippen molar-refractivity contribution in [3.63, 3.8) is 0 Å². The average Bonchev–Trinajstić information content (AvgIpc) is 2.62. The molecule has 0 aliphatic rings.